The minimum absolute atomic E-state index is 0.582. The first-order chi connectivity index (χ1) is 7.77. The van der Waals surface area contributed by atoms with Crippen LogP contribution in [0.5, 0.6) is 0 Å². The van der Waals surface area contributed by atoms with E-state index in [0.29, 0.717) is 6.04 Å². The second-order valence-electron chi connectivity index (χ2n) is 4.43. The van der Waals surface area contributed by atoms with Crippen molar-refractivity contribution >= 4 is 5.69 Å². The predicted molar refractivity (Wildman–Crippen MR) is 66.8 cm³/mol. The number of pyridine rings is 1. The van der Waals surface area contributed by atoms with Crippen LogP contribution in [0.15, 0.2) is 24.5 Å². The van der Waals surface area contributed by atoms with E-state index in [1.807, 2.05) is 18.5 Å². The average Bonchev–Trinajstić information content (AvgIpc) is 2.33. The van der Waals surface area contributed by atoms with Crippen molar-refractivity contribution in [1.29, 1.82) is 0 Å². The Hall–Kier alpha value is -1.13. The largest absolute Gasteiger partial charge is 0.372 e. The van der Waals surface area contributed by atoms with Crippen molar-refractivity contribution in [2.24, 2.45) is 0 Å². The van der Waals surface area contributed by atoms with Gasteiger partial charge in [0, 0.05) is 45.5 Å². The molecule has 88 valence electrons. The van der Waals surface area contributed by atoms with Crippen molar-refractivity contribution in [3.63, 3.8) is 0 Å². The molecule has 16 heavy (non-hydrogen) atoms. The summed E-state index contributed by atoms with van der Waals surface area (Å²) in [5, 5.41) is 3.44. The van der Waals surface area contributed by atoms with Gasteiger partial charge >= 0.3 is 0 Å². The monoisotopic (exact) mass is 220 g/mol. The molecule has 2 rings (SSSR count). The van der Waals surface area contributed by atoms with Crippen molar-refractivity contribution in [3.05, 3.63) is 24.5 Å². The van der Waals surface area contributed by atoms with Crippen LogP contribution < -0.4 is 10.2 Å². The molecule has 1 unspecified atom stereocenters. The summed E-state index contributed by atoms with van der Waals surface area (Å²) in [7, 11) is 4.32. The molecule has 1 atom stereocenters. The summed E-state index contributed by atoms with van der Waals surface area (Å²) in [4.78, 5) is 8.83. The molecule has 1 aliphatic rings. The molecule has 1 aromatic heterocycles. The van der Waals surface area contributed by atoms with Gasteiger partial charge in [0.05, 0.1) is 11.9 Å². The van der Waals surface area contributed by atoms with Crippen molar-refractivity contribution in [1.82, 2.24) is 15.2 Å². The van der Waals surface area contributed by atoms with E-state index >= 15 is 0 Å². The Balaban J connectivity index is 1.94. The quantitative estimate of drug-likeness (QED) is 0.800. The first kappa shape index (κ1) is 11.4. The Morgan fingerprint density at radius 3 is 3.19 bits per heavy atom. The standard InChI is InChI=1S/C12H20N4/c1-15-7-6-14-9-12(15)10-16(2)11-4-3-5-13-8-11/h3-5,8,12,14H,6-7,9-10H2,1-2H3. The molecule has 0 spiro atoms. The van der Waals surface area contributed by atoms with Gasteiger partial charge in [-0.05, 0) is 19.2 Å². The number of likely N-dealkylation sites (N-methyl/N-ethyl adjacent to an activating group) is 2. The second-order valence-corrected chi connectivity index (χ2v) is 4.43. The molecule has 0 aliphatic carbocycles. The molecule has 1 N–H and O–H groups in total. The highest BCUT2D eigenvalue weighted by atomic mass is 15.2. The molecular weight excluding hydrogens is 200 g/mol. The van der Waals surface area contributed by atoms with Gasteiger partial charge < -0.3 is 10.2 Å². The van der Waals surface area contributed by atoms with Crippen LogP contribution in [0.3, 0.4) is 0 Å². The highest BCUT2D eigenvalue weighted by molar-refractivity contribution is 5.42. The Bertz CT molecular complexity index is 314. The van der Waals surface area contributed by atoms with E-state index in [9.17, 15) is 0 Å². The van der Waals surface area contributed by atoms with Crippen molar-refractivity contribution in [2.45, 2.75) is 6.04 Å². The van der Waals surface area contributed by atoms with Gasteiger partial charge in [0.15, 0.2) is 0 Å². The lowest BCUT2D eigenvalue weighted by Crippen LogP contribution is -2.53. The van der Waals surface area contributed by atoms with Gasteiger partial charge in [-0.15, -0.1) is 0 Å². The smallest absolute Gasteiger partial charge is 0.0550 e. The van der Waals surface area contributed by atoms with E-state index in [0.717, 1.165) is 26.2 Å². The fraction of sp³-hybridized carbons (Fsp3) is 0.583. The fourth-order valence-corrected chi connectivity index (χ4v) is 2.07. The van der Waals surface area contributed by atoms with Gasteiger partial charge in [0.2, 0.25) is 0 Å². The number of nitrogens with zero attached hydrogens (tertiary/aromatic N) is 3. The number of aromatic nitrogens is 1. The summed E-state index contributed by atoms with van der Waals surface area (Å²) in [5.74, 6) is 0. The Morgan fingerprint density at radius 2 is 2.50 bits per heavy atom. The van der Waals surface area contributed by atoms with Crippen LogP contribution in [0, 0.1) is 0 Å². The number of hydrogen-bond donors (Lipinski definition) is 1. The van der Waals surface area contributed by atoms with E-state index in [4.69, 9.17) is 0 Å². The number of hydrogen-bond acceptors (Lipinski definition) is 4. The third-order valence-electron chi connectivity index (χ3n) is 3.22. The zero-order valence-electron chi connectivity index (χ0n) is 10.1. The third kappa shape index (κ3) is 2.71. The summed E-state index contributed by atoms with van der Waals surface area (Å²) in [6.07, 6.45) is 3.72. The van der Waals surface area contributed by atoms with E-state index in [2.05, 4.69) is 40.3 Å². The van der Waals surface area contributed by atoms with Crippen molar-refractivity contribution < 1.29 is 0 Å². The number of piperazine rings is 1. The maximum absolute atomic E-state index is 4.15. The fourth-order valence-electron chi connectivity index (χ4n) is 2.07. The maximum atomic E-state index is 4.15. The summed E-state index contributed by atoms with van der Waals surface area (Å²) >= 11 is 0. The molecule has 0 aromatic carbocycles. The van der Waals surface area contributed by atoms with Gasteiger partial charge in [-0.3, -0.25) is 9.88 Å². The molecular formula is C12H20N4. The Morgan fingerprint density at radius 1 is 1.62 bits per heavy atom. The van der Waals surface area contributed by atoms with Crippen LogP contribution in [0.1, 0.15) is 0 Å². The van der Waals surface area contributed by atoms with Crippen LogP contribution in [0.25, 0.3) is 0 Å². The van der Waals surface area contributed by atoms with Gasteiger partial charge in [-0.1, -0.05) is 0 Å². The lowest BCUT2D eigenvalue weighted by Gasteiger charge is -2.36. The lowest BCUT2D eigenvalue weighted by molar-refractivity contribution is 0.204. The van der Waals surface area contributed by atoms with Crippen molar-refractivity contribution in [3.8, 4) is 0 Å². The molecule has 2 heterocycles. The average molecular weight is 220 g/mol. The normalized spacial score (nSPS) is 22.0. The molecule has 4 heteroatoms. The van der Waals surface area contributed by atoms with Gasteiger partial charge in [-0.2, -0.15) is 0 Å². The summed E-state index contributed by atoms with van der Waals surface area (Å²) in [6, 6.07) is 4.66. The van der Waals surface area contributed by atoms with Gasteiger partial charge in [0.25, 0.3) is 0 Å². The molecule has 0 saturated carbocycles. The number of nitrogens with one attached hydrogen (secondary N) is 1. The zero-order chi connectivity index (χ0) is 11.4. The first-order valence-electron chi connectivity index (χ1n) is 5.79. The van der Waals surface area contributed by atoms with Crippen LogP contribution in [-0.4, -0.2) is 56.2 Å². The van der Waals surface area contributed by atoms with Crippen LogP contribution in [0.2, 0.25) is 0 Å². The molecule has 1 fully saturated rings. The van der Waals surface area contributed by atoms with E-state index in [1.165, 1.54) is 5.69 Å². The van der Waals surface area contributed by atoms with Crippen LogP contribution >= 0.6 is 0 Å². The highest BCUT2D eigenvalue weighted by Gasteiger charge is 2.19. The van der Waals surface area contributed by atoms with Gasteiger partial charge in [-0.25, -0.2) is 0 Å². The number of anilines is 1. The minimum Gasteiger partial charge on any atom is -0.372 e. The van der Waals surface area contributed by atoms with Crippen LogP contribution in [0.4, 0.5) is 5.69 Å². The molecule has 1 aromatic rings. The highest BCUT2D eigenvalue weighted by Crippen LogP contribution is 2.11. The molecule has 1 aliphatic heterocycles. The predicted octanol–water partition coefficient (Wildman–Crippen LogP) is 0.421. The Labute approximate surface area is 97.3 Å². The molecule has 0 bridgehead atoms. The number of rotatable bonds is 3. The zero-order valence-corrected chi connectivity index (χ0v) is 10.1. The molecule has 0 amide bonds. The van der Waals surface area contributed by atoms with E-state index < -0.39 is 0 Å². The summed E-state index contributed by atoms with van der Waals surface area (Å²) in [5.41, 5.74) is 1.18. The first-order valence-corrected chi connectivity index (χ1v) is 5.79. The molecule has 1 saturated heterocycles. The SMILES string of the molecule is CN(CC1CNCCN1C)c1cccnc1. The van der Waals surface area contributed by atoms with Gasteiger partial charge in [0.1, 0.15) is 0 Å². The maximum Gasteiger partial charge on any atom is 0.0550 e. The van der Waals surface area contributed by atoms with Crippen LogP contribution in [-0.2, 0) is 0 Å². The summed E-state index contributed by atoms with van der Waals surface area (Å²) < 4.78 is 0. The molecule has 0 radical (unpaired) electrons. The van der Waals surface area contributed by atoms with E-state index in [1.54, 1.807) is 0 Å². The topological polar surface area (TPSA) is 31.4 Å². The third-order valence-corrected chi connectivity index (χ3v) is 3.22. The minimum atomic E-state index is 0.582. The van der Waals surface area contributed by atoms with Crippen molar-refractivity contribution in [2.75, 3.05) is 45.2 Å². The summed E-state index contributed by atoms with van der Waals surface area (Å²) in [6.45, 7) is 4.34. The molecule has 4 nitrogen and oxygen atoms in total. The lowest BCUT2D eigenvalue weighted by atomic mass is 10.2. The van der Waals surface area contributed by atoms with E-state index in [-0.39, 0.29) is 0 Å². The second kappa shape index (κ2) is 5.27. The Kier molecular flexibility index (Phi) is 3.74.